The maximum Gasteiger partial charge on any atom is 0.0337 e. The fraction of sp³-hybridized carbons (Fsp3) is 0.571. The molecule has 90 valence electrons. The van der Waals surface area contributed by atoms with Crippen LogP contribution in [0.3, 0.4) is 0 Å². The summed E-state index contributed by atoms with van der Waals surface area (Å²) in [7, 11) is 4.15. The number of benzene rings is 1. The quantitative estimate of drug-likeness (QED) is 0.709. The van der Waals surface area contributed by atoms with Crippen LogP contribution in [0.2, 0.25) is 0 Å². The van der Waals surface area contributed by atoms with Gasteiger partial charge in [0.2, 0.25) is 0 Å². The Bertz CT molecular complexity index is 279. The molecule has 0 radical (unpaired) electrons. The van der Waals surface area contributed by atoms with Crippen molar-refractivity contribution < 1.29 is 0 Å². The molecule has 0 saturated heterocycles. The third-order valence-corrected chi connectivity index (χ3v) is 2.84. The average molecular weight is 220 g/mol. The molecule has 2 heteroatoms. The van der Waals surface area contributed by atoms with Crippen LogP contribution < -0.4 is 5.32 Å². The Balaban J connectivity index is 2.34. The second kappa shape index (κ2) is 7.29. The lowest BCUT2D eigenvalue weighted by atomic mass is 10.2. The van der Waals surface area contributed by atoms with Crippen molar-refractivity contribution in [1.29, 1.82) is 0 Å². The van der Waals surface area contributed by atoms with Gasteiger partial charge in [-0.1, -0.05) is 31.9 Å². The fourth-order valence-electron chi connectivity index (χ4n) is 1.80. The lowest BCUT2D eigenvalue weighted by Gasteiger charge is -2.16. The van der Waals surface area contributed by atoms with Gasteiger partial charge in [0.05, 0.1) is 0 Å². The van der Waals surface area contributed by atoms with Crippen LogP contribution in [0.25, 0.3) is 0 Å². The second-order valence-electron chi connectivity index (χ2n) is 4.39. The van der Waals surface area contributed by atoms with E-state index in [1.807, 2.05) is 7.05 Å². The zero-order valence-electron chi connectivity index (χ0n) is 10.8. The van der Waals surface area contributed by atoms with Crippen LogP contribution >= 0.6 is 0 Å². The lowest BCUT2D eigenvalue weighted by Crippen LogP contribution is -2.18. The zero-order valence-corrected chi connectivity index (χ0v) is 10.8. The van der Waals surface area contributed by atoms with E-state index in [9.17, 15) is 0 Å². The highest BCUT2D eigenvalue weighted by atomic mass is 15.1. The minimum absolute atomic E-state index is 1.05. The maximum atomic E-state index is 3.14. The molecule has 0 unspecified atom stereocenters. The number of hydrogen-bond donors (Lipinski definition) is 1. The van der Waals surface area contributed by atoms with Gasteiger partial charge in [-0.05, 0) is 37.7 Å². The summed E-state index contributed by atoms with van der Waals surface area (Å²) < 4.78 is 0. The van der Waals surface area contributed by atoms with E-state index in [1.165, 1.54) is 37.1 Å². The molecule has 0 aliphatic carbocycles. The molecular formula is C14H24N2. The standard InChI is InChI=1S/C14H24N2/c1-4-5-6-11-16(3)12-13-7-9-14(15-2)10-8-13/h7-10,15H,4-6,11-12H2,1-3H3. The first-order valence-corrected chi connectivity index (χ1v) is 6.21. The van der Waals surface area contributed by atoms with Gasteiger partial charge in [-0.2, -0.15) is 0 Å². The van der Waals surface area contributed by atoms with E-state index in [4.69, 9.17) is 0 Å². The molecule has 0 bridgehead atoms. The third kappa shape index (κ3) is 4.67. The molecule has 2 nitrogen and oxygen atoms in total. The first kappa shape index (κ1) is 13.0. The third-order valence-electron chi connectivity index (χ3n) is 2.84. The number of nitrogens with zero attached hydrogens (tertiary/aromatic N) is 1. The van der Waals surface area contributed by atoms with Crippen LogP contribution in [-0.4, -0.2) is 25.5 Å². The summed E-state index contributed by atoms with van der Waals surface area (Å²) in [6, 6.07) is 8.66. The van der Waals surface area contributed by atoms with Crippen molar-refractivity contribution in [3.8, 4) is 0 Å². The molecule has 0 aliphatic rings. The van der Waals surface area contributed by atoms with Crippen molar-refractivity contribution in [2.45, 2.75) is 32.7 Å². The van der Waals surface area contributed by atoms with Gasteiger partial charge in [0.15, 0.2) is 0 Å². The molecule has 0 spiro atoms. The summed E-state index contributed by atoms with van der Waals surface area (Å²) in [4.78, 5) is 2.39. The molecule has 1 aromatic carbocycles. The average Bonchev–Trinajstić information content (AvgIpc) is 2.30. The molecule has 0 heterocycles. The van der Waals surface area contributed by atoms with Crippen molar-refractivity contribution in [3.63, 3.8) is 0 Å². The number of anilines is 1. The SMILES string of the molecule is CCCCCN(C)Cc1ccc(NC)cc1. The monoisotopic (exact) mass is 220 g/mol. The topological polar surface area (TPSA) is 15.3 Å². The molecule has 0 amide bonds. The largest absolute Gasteiger partial charge is 0.388 e. The van der Waals surface area contributed by atoms with E-state index in [-0.39, 0.29) is 0 Å². The van der Waals surface area contributed by atoms with Crippen molar-refractivity contribution in [2.75, 3.05) is 26.0 Å². The van der Waals surface area contributed by atoms with Gasteiger partial charge in [0.1, 0.15) is 0 Å². The lowest BCUT2D eigenvalue weighted by molar-refractivity contribution is 0.318. The van der Waals surface area contributed by atoms with E-state index in [2.05, 4.69) is 48.5 Å². The molecule has 1 rings (SSSR count). The number of rotatable bonds is 7. The van der Waals surface area contributed by atoms with E-state index >= 15 is 0 Å². The molecule has 0 atom stereocenters. The Kier molecular flexibility index (Phi) is 5.94. The van der Waals surface area contributed by atoms with Crippen LogP contribution in [0.15, 0.2) is 24.3 Å². The van der Waals surface area contributed by atoms with Crippen molar-refractivity contribution in [2.24, 2.45) is 0 Å². The number of nitrogens with one attached hydrogen (secondary N) is 1. The summed E-state index contributed by atoms with van der Waals surface area (Å²) in [5.74, 6) is 0. The summed E-state index contributed by atoms with van der Waals surface area (Å²) in [5, 5.41) is 3.14. The van der Waals surface area contributed by atoms with Crippen molar-refractivity contribution in [3.05, 3.63) is 29.8 Å². The summed E-state index contributed by atoms with van der Waals surface area (Å²) in [6.45, 7) is 4.49. The van der Waals surface area contributed by atoms with Crippen LogP contribution in [0.5, 0.6) is 0 Å². The second-order valence-corrected chi connectivity index (χ2v) is 4.39. The predicted octanol–water partition coefficient (Wildman–Crippen LogP) is 3.35. The number of hydrogen-bond acceptors (Lipinski definition) is 2. The minimum Gasteiger partial charge on any atom is -0.388 e. The zero-order chi connectivity index (χ0) is 11.8. The highest BCUT2D eigenvalue weighted by Crippen LogP contribution is 2.10. The van der Waals surface area contributed by atoms with Gasteiger partial charge in [-0.25, -0.2) is 0 Å². The Morgan fingerprint density at radius 3 is 2.38 bits per heavy atom. The first-order chi connectivity index (χ1) is 7.76. The molecule has 0 fully saturated rings. The van der Waals surface area contributed by atoms with Gasteiger partial charge in [0, 0.05) is 19.3 Å². The van der Waals surface area contributed by atoms with Crippen LogP contribution in [0.4, 0.5) is 5.69 Å². The maximum absolute atomic E-state index is 3.14. The van der Waals surface area contributed by atoms with Crippen LogP contribution in [0.1, 0.15) is 31.7 Å². The normalized spacial score (nSPS) is 10.8. The van der Waals surface area contributed by atoms with Crippen molar-refractivity contribution in [1.82, 2.24) is 4.90 Å². The molecule has 0 aliphatic heterocycles. The Morgan fingerprint density at radius 1 is 1.12 bits per heavy atom. The highest BCUT2D eigenvalue weighted by Gasteiger charge is 1.99. The van der Waals surface area contributed by atoms with E-state index in [1.54, 1.807) is 0 Å². The van der Waals surface area contributed by atoms with E-state index < -0.39 is 0 Å². The number of unbranched alkanes of at least 4 members (excludes halogenated alkanes) is 2. The van der Waals surface area contributed by atoms with Crippen LogP contribution in [-0.2, 0) is 6.54 Å². The summed E-state index contributed by atoms with van der Waals surface area (Å²) in [6.07, 6.45) is 3.94. The van der Waals surface area contributed by atoms with Gasteiger partial charge in [-0.15, -0.1) is 0 Å². The summed E-state index contributed by atoms with van der Waals surface area (Å²) >= 11 is 0. The molecule has 1 aromatic rings. The Morgan fingerprint density at radius 2 is 1.81 bits per heavy atom. The van der Waals surface area contributed by atoms with E-state index in [0.717, 1.165) is 6.54 Å². The molecule has 0 saturated carbocycles. The van der Waals surface area contributed by atoms with Crippen molar-refractivity contribution >= 4 is 5.69 Å². The molecule has 1 N–H and O–H groups in total. The van der Waals surface area contributed by atoms with Gasteiger partial charge >= 0.3 is 0 Å². The van der Waals surface area contributed by atoms with Gasteiger partial charge in [-0.3, -0.25) is 0 Å². The van der Waals surface area contributed by atoms with Crippen LogP contribution in [0, 0.1) is 0 Å². The Labute approximate surface area is 99.7 Å². The minimum atomic E-state index is 1.05. The smallest absolute Gasteiger partial charge is 0.0337 e. The summed E-state index contributed by atoms with van der Waals surface area (Å²) in [5.41, 5.74) is 2.57. The van der Waals surface area contributed by atoms with Gasteiger partial charge < -0.3 is 10.2 Å². The molecule has 16 heavy (non-hydrogen) atoms. The first-order valence-electron chi connectivity index (χ1n) is 6.21. The highest BCUT2D eigenvalue weighted by molar-refractivity contribution is 5.43. The fourth-order valence-corrected chi connectivity index (χ4v) is 1.80. The van der Waals surface area contributed by atoms with Gasteiger partial charge in [0.25, 0.3) is 0 Å². The van der Waals surface area contributed by atoms with E-state index in [0.29, 0.717) is 0 Å². The molecular weight excluding hydrogens is 196 g/mol. The molecule has 0 aromatic heterocycles. The Hall–Kier alpha value is -1.02. The predicted molar refractivity (Wildman–Crippen MR) is 71.8 cm³/mol.